The maximum Gasteiger partial charge on any atom is 0.241 e. The number of nitrogens with one attached hydrogen (secondary N) is 1. The van der Waals surface area contributed by atoms with E-state index in [9.17, 15) is 9.59 Å². The molecule has 136 valence electrons. The van der Waals surface area contributed by atoms with Crippen LogP contribution in [0.2, 0.25) is 5.02 Å². The maximum absolute atomic E-state index is 12.4. The van der Waals surface area contributed by atoms with Crippen molar-refractivity contribution in [3.8, 4) is 5.75 Å². The lowest BCUT2D eigenvalue weighted by atomic mass is 10.2. The van der Waals surface area contributed by atoms with Gasteiger partial charge in [-0.3, -0.25) is 9.59 Å². The molecule has 1 aliphatic heterocycles. The van der Waals surface area contributed by atoms with Crippen molar-refractivity contribution in [1.29, 1.82) is 0 Å². The molecule has 1 aliphatic carbocycles. The van der Waals surface area contributed by atoms with E-state index in [-0.39, 0.29) is 24.3 Å². The molecule has 0 radical (unpaired) electrons. The van der Waals surface area contributed by atoms with Crippen molar-refractivity contribution in [2.75, 3.05) is 44.6 Å². The summed E-state index contributed by atoms with van der Waals surface area (Å²) in [5.74, 6) is 1.08. The van der Waals surface area contributed by atoms with Crippen LogP contribution in [0.4, 0.5) is 5.69 Å². The minimum Gasteiger partial charge on any atom is -0.490 e. The zero-order valence-corrected chi connectivity index (χ0v) is 15.2. The van der Waals surface area contributed by atoms with E-state index < -0.39 is 0 Å². The average molecular weight is 366 g/mol. The Balaban J connectivity index is 1.50. The summed E-state index contributed by atoms with van der Waals surface area (Å²) in [4.78, 5) is 28.2. The van der Waals surface area contributed by atoms with Crippen molar-refractivity contribution in [2.45, 2.75) is 19.8 Å². The average Bonchev–Trinajstić information content (AvgIpc) is 3.47. The Morgan fingerprint density at radius 3 is 2.52 bits per heavy atom. The Hall–Kier alpha value is -1.95. The third-order valence-electron chi connectivity index (χ3n) is 4.56. The standard InChI is InChI=1S/C18H24ClN3O3/c1-2-25-17-14(19)4-3-5-15(17)20-12-16(23)21-8-10-22(11-9-21)18(24)13-6-7-13/h3-5,13,20H,2,6-12H2,1H3. The summed E-state index contributed by atoms with van der Waals surface area (Å²) in [5, 5.41) is 3.64. The molecule has 0 unspecified atom stereocenters. The van der Waals surface area contributed by atoms with E-state index in [1.807, 2.05) is 24.0 Å². The van der Waals surface area contributed by atoms with Crippen molar-refractivity contribution in [3.63, 3.8) is 0 Å². The first-order chi connectivity index (χ1) is 12.1. The molecule has 1 saturated heterocycles. The van der Waals surface area contributed by atoms with E-state index in [1.165, 1.54) is 0 Å². The van der Waals surface area contributed by atoms with Crippen molar-refractivity contribution in [3.05, 3.63) is 23.2 Å². The van der Waals surface area contributed by atoms with Crippen LogP contribution in [0.25, 0.3) is 0 Å². The summed E-state index contributed by atoms with van der Waals surface area (Å²) in [5.41, 5.74) is 0.713. The van der Waals surface area contributed by atoms with Crippen molar-refractivity contribution < 1.29 is 14.3 Å². The third-order valence-corrected chi connectivity index (χ3v) is 4.85. The highest BCUT2D eigenvalue weighted by atomic mass is 35.5. The maximum atomic E-state index is 12.4. The number of hydrogen-bond donors (Lipinski definition) is 1. The first-order valence-corrected chi connectivity index (χ1v) is 9.19. The van der Waals surface area contributed by atoms with Gasteiger partial charge >= 0.3 is 0 Å². The Morgan fingerprint density at radius 2 is 1.88 bits per heavy atom. The number of para-hydroxylation sites is 1. The van der Waals surface area contributed by atoms with Crippen LogP contribution in [0.5, 0.6) is 5.75 Å². The Labute approximate surface area is 153 Å². The zero-order chi connectivity index (χ0) is 17.8. The molecule has 0 spiro atoms. The Kier molecular flexibility index (Phi) is 5.68. The highest BCUT2D eigenvalue weighted by Crippen LogP contribution is 2.33. The van der Waals surface area contributed by atoms with Gasteiger partial charge in [-0.05, 0) is 31.9 Å². The number of piperazine rings is 1. The van der Waals surface area contributed by atoms with Crippen LogP contribution in [0.3, 0.4) is 0 Å². The summed E-state index contributed by atoms with van der Waals surface area (Å²) in [7, 11) is 0. The molecule has 0 bridgehead atoms. The number of ether oxygens (including phenoxy) is 1. The van der Waals surface area contributed by atoms with Gasteiger partial charge in [0.15, 0.2) is 5.75 Å². The van der Waals surface area contributed by atoms with Crippen LogP contribution in [-0.2, 0) is 9.59 Å². The van der Waals surface area contributed by atoms with Crippen LogP contribution in [0.15, 0.2) is 18.2 Å². The lowest BCUT2D eigenvalue weighted by Gasteiger charge is -2.35. The molecule has 1 saturated carbocycles. The highest BCUT2D eigenvalue weighted by Gasteiger charge is 2.35. The third kappa shape index (κ3) is 4.37. The molecule has 2 aliphatic rings. The molecule has 3 rings (SSSR count). The number of halogens is 1. The molecule has 7 heteroatoms. The second-order valence-corrected chi connectivity index (χ2v) is 6.79. The van der Waals surface area contributed by atoms with Gasteiger partial charge in [-0.1, -0.05) is 17.7 Å². The highest BCUT2D eigenvalue weighted by molar-refractivity contribution is 6.32. The second-order valence-electron chi connectivity index (χ2n) is 6.38. The molecular weight excluding hydrogens is 342 g/mol. The van der Waals surface area contributed by atoms with Gasteiger partial charge in [-0.25, -0.2) is 0 Å². The predicted molar refractivity (Wildman–Crippen MR) is 97.0 cm³/mol. The van der Waals surface area contributed by atoms with Crippen molar-refractivity contribution >= 4 is 29.1 Å². The van der Waals surface area contributed by atoms with Gasteiger partial charge in [0.2, 0.25) is 11.8 Å². The second kappa shape index (κ2) is 7.95. The summed E-state index contributed by atoms with van der Waals surface area (Å²) >= 11 is 6.15. The molecule has 1 aromatic rings. The zero-order valence-electron chi connectivity index (χ0n) is 14.5. The molecule has 0 atom stereocenters. The lowest BCUT2D eigenvalue weighted by molar-refractivity contribution is -0.139. The van der Waals surface area contributed by atoms with Gasteiger partial charge in [0, 0.05) is 32.1 Å². The Morgan fingerprint density at radius 1 is 1.20 bits per heavy atom. The van der Waals surface area contributed by atoms with Crippen molar-refractivity contribution in [2.24, 2.45) is 5.92 Å². The number of nitrogens with zero attached hydrogens (tertiary/aromatic N) is 2. The molecule has 2 amide bonds. The molecule has 1 heterocycles. The largest absolute Gasteiger partial charge is 0.490 e. The van der Waals surface area contributed by atoms with Crippen LogP contribution >= 0.6 is 11.6 Å². The fourth-order valence-electron chi connectivity index (χ4n) is 2.99. The van der Waals surface area contributed by atoms with Gasteiger partial charge in [0.25, 0.3) is 0 Å². The first-order valence-electron chi connectivity index (χ1n) is 8.82. The van der Waals surface area contributed by atoms with E-state index in [4.69, 9.17) is 16.3 Å². The number of benzene rings is 1. The van der Waals surface area contributed by atoms with Gasteiger partial charge in [-0.15, -0.1) is 0 Å². The van der Waals surface area contributed by atoms with Crippen LogP contribution in [0.1, 0.15) is 19.8 Å². The summed E-state index contributed by atoms with van der Waals surface area (Å²) in [6.07, 6.45) is 2.04. The van der Waals surface area contributed by atoms with Crippen LogP contribution in [-0.4, -0.2) is 60.9 Å². The molecule has 25 heavy (non-hydrogen) atoms. The van der Waals surface area contributed by atoms with Gasteiger partial charge in [-0.2, -0.15) is 0 Å². The molecular formula is C18H24ClN3O3. The van der Waals surface area contributed by atoms with Gasteiger partial charge in [0.1, 0.15) is 0 Å². The fraction of sp³-hybridized carbons (Fsp3) is 0.556. The Bertz CT molecular complexity index is 640. The number of carbonyl (C=O) groups excluding carboxylic acids is 2. The van der Waals surface area contributed by atoms with E-state index in [2.05, 4.69) is 5.32 Å². The molecule has 1 aromatic carbocycles. The number of hydrogen-bond acceptors (Lipinski definition) is 4. The summed E-state index contributed by atoms with van der Waals surface area (Å²) in [6, 6.07) is 5.42. The minimum atomic E-state index is 0.0148. The number of rotatable bonds is 6. The van der Waals surface area contributed by atoms with Crippen LogP contribution in [0, 0.1) is 5.92 Å². The number of amides is 2. The topological polar surface area (TPSA) is 61.9 Å². The first kappa shape index (κ1) is 17.9. The normalized spacial score (nSPS) is 17.4. The SMILES string of the molecule is CCOc1c(Cl)cccc1NCC(=O)N1CCN(C(=O)C2CC2)CC1. The van der Waals surface area contributed by atoms with Crippen molar-refractivity contribution in [1.82, 2.24) is 9.80 Å². The lowest BCUT2D eigenvalue weighted by Crippen LogP contribution is -2.52. The monoisotopic (exact) mass is 365 g/mol. The molecule has 6 nitrogen and oxygen atoms in total. The van der Waals surface area contributed by atoms with E-state index >= 15 is 0 Å². The number of carbonyl (C=O) groups is 2. The van der Waals surface area contributed by atoms with Gasteiger partial charge < -0.3 is 19.9 Å². The fourth-order valence-corrected chi connectivity index (χ4v) is 3.22. The molecule has 1 N–H and O–H groups in total. The minimum absolute atomic E-state index is 0.0148. The smallest absolute Gasteiger partial charge is 0.241 e. The van der Waals surface area contributed by atoms with E-state index in [1.54, 1.807) is 11.0 Å². The molecule has 0 aromatic heterocycles. The summed E-state index contributed by atoms with van der Waals surface area (Å²) in [6.45, 7) is 5.01. The van der Waals surface area contributed by atoms with E-state index in [0.717, 1.165) is 12.8 Å². The molecule has 2 fully saturated rings. The number of anilines is 1. The van der Waals surface area contributed by atoms with Crippen LogP contribution < -0.4 is 10.1 Å². The van der Waals surface area contributed by atoms with Gasteiger partial charge in [0.05, 0.1) is 23.9 Å². The van der Waals surface area contributed by atoms with E-state index in [0.29, 0.717) is 49.2 Å². The predicted octanol–water partition coefficient (Wildman–Crippen LogP) is 2.23. The summed E-state index contributed by atoms with van der Waals surface area (Å²) < 4.78 is 5.55. The quantitative estimate of drug-likeness (QED) is 0.839.